The number of rotatable bonds is 9. The summed E-state index contributed by atoms with van der Waals surface area (Å²) in [6.07, 6.45) is 0.808. The number of amides is 1. The number of halogens is 1. The summed E-state index contributed by atoms with van der Waals surface area (Å²) >= 11 is 0. The average molecular weight is 284 g/mol. The summed E-state index contributed by atoms with van der Waals surface area (Å²) in [6.45, 7) is 3.71. The monoisotopic (exact) mass is 284 g/mol. The molecule has 112 valence electrons. The fourth-order valence-corrected chi connectivity index (χ4v) is 1.50. The molecule has 0 spiro atoms. The van der Waals surface area contributed by atoms with E-state index in [0.717, 1.165) is 6.42 Å². The van der Waals surface area contributed by atoms with Gasteiger partial charge in [-0.05, 0) is 18.6 Å². The van der Waals surface area contributed by atoms with E-state index in [9.17, 15) is 9.18 Å². The van der Waals surface area contributed by atoms with Gasteiger partial charge in [0.15, 0.2) is 0 Å². The summed E-state index contributed by atoms with van der Waals surface area (Å²) in [5.74, 6) is -0.265. The minimum absolute atomic E-state index is 0.161. The van der Waals surface area contributed by atoms with Gasteiger partial charge in [-0.2, -0.15) is 0 Å². The first kappa shape index (κ1) is 16.4. The Bertz CT molecular complexity index is 427. The Hall–Kier alpha value is -1.66. The summed E-state index contributed by atoms with van der Waals surface area (Å²) in [4.78, 5) is 11.7. The number of anilines is 1. The Kier molecular flexibility index (Phi) is 7.60. The van der Waals surface area contributed by atoms with Gasteiger partial charge in [-0.1, -0.05) is 6.92 Å². The fourth-order valence-electron chi connectivity index (χ4n) is 1.50. The first-order chi connectivity index (χ1) is 9.67. The molecule has 1 amide bonds. The van der Waals surface area contributed by atoms with Crippen LogP contribution in [0.5, 0.6) is 5.75 Å². The van der Waals surface area contributed by atoms with Crippen LogP contribution in [0.1, 0.15) is 13.3 Å². The third kappa shape index (κ3) is 5.99. The molecule has 6 heteroatoms. The van der Waals surface area contributed by atoms with Crippen molar-refractivity contribution in [2.75, 3.05) is 38.7 Å². The van der Waals surface area contributed by atoms with Crippen molar-refractivity contribution in [3.05, 3.63) is 24.0 Å². The van der Waals surface area contributed by atoms with Crippen LogP contribution in [0.15, 0.2) is 18.2 Å². The molecule has 0 atom stereocenters. The lowest BCUT2D eigenvalue weighted by molar-refractivity contribution is -0.115. The van der Waals surface area contributed by atoms with Crippen LogP contribution in [0.4, 0.5) is 10.1 Å². The van der Waals surface area contributed by atoms with Crippen molar-refractivity contribution in [3.8, 4) is 5.75 Å². The van der Waals surface area contributed by atoms with Crippen molar-refractivity contribution >= 4 is 11.6 Å². The molecular formula is C14H21FN2O3. The Balaban J connectivity index is 2.54. The zero-order chi connectivity index (χ0) is 14.8. The summed E-state index contributed by atoms with van der Waals surface area (Å²) in [7, 11) is 1.59. The number of hydrogen-bond donors (Lipinski definition) is 2. The Morgan fingerprint density at radius 2 is 2.15 bits per heavy atom. The van der Waals surface area contributed by atoms with Crippen molar-refractivity contribution in [2.45, 2.75) is 13.3 Å². The molecule has 0 bridgehead atoms. The Labute approximate surface area is 118 Å². The van der Waals surface area contributed by atoms with Crippen molar-refractivity contribution in [3.63, 3.8) is 0 Å². The van der Waals surface area contributed by atoms with Gasteiger partial charge in [-0.25, -0.2) is 4.39 Å². The molecule has 1 aromatic carbocycles. The zero-order valence-corrected chi connectivity index (χ0v) is 11.9. The number of nitrogens with one attached hydrogen (secondary N) is 2. The molecule has 0 heterocycles. The molecule has 0 saturated carbocycles. The maximum absolute atomic E-state index is 13.2. The second-order valence-corrected chi connectivity index (χ2v) is 4.21. The van der Waals surface area contributed by atoms with Gasteiger partial charge in [0.1, 0.15) is 11.6 Å². The van der Waals surface area contributed by atoms with E-state index in [1.54, 1.807) is 7.11 Å². The number of carbonyl (C=O) groups excluding carboxylic acids is 1. The third-order valence-electron chi connectivity index (χ3n) is 2.45. The van der Waals surface area contributed by atoms with Gasteiger partial charge in [0.25, 0.3) is 0 Å². The quantitative estimate of drug-likeness (QED) is 0.679. The third-order valence-corrected chi connectivity index (χ3v) is 2.45. The second kappa shape index (κ2) is 9.28. The highest BCUT2D eigenvalue weighted by Crippen LogP contribution is 2.25. The maximum Gasteiger partial charge on any atom is 0.238 e. The van der Waals surface area contributed by atoms with Gasteiger partial charge in [0.05, 0.1) is 25.4 Å². The summed E-state index contributed by atoms with van der Waals surface area (Å²) in [6, 6.07) is 4.05. The van der Waals surface area contributed by atoms with Crippen LogP contribution in [0.3, 0.4) is 0 Å². The summed E-state index contributed by atoms with van der Waals surface area (Å²) < 4.78 is 23.5. The van der Waals surface area contributed by atoms with Crippen LogP contribution >= 0.6 is 0 Å². The zero-order valence-electron chi connectivity index (χ0n) is 11.9. The van der Waals surface area contributed by atoms with E-state index < -0.39 is 5.82 Å². The smallest absolute Gasteiger partial charge is 0.238 e. The lowest BCUT2D eigenvalue weighted by atomic mass is 10.2. The van der Waals surface area contributed by atoms with Crippen molar-refractivity contribution in [1.82, 2.24) is 5.32 Å². The molecule has 0 aliphatic rings. The van der Waals surface area contributed by atoms with E-state index in [2.05, 4.69) is 10.6 Å². The predicted molar refractivity (Wildman–Crippen MR) is 75.6 cm³/mol. The minimum atomic E-state index is -0.396. The molecule has 2 N–H and O–H groups in total. The van der Waals surface area contributed by atoms with Gasteiger partial charge >= 0.3 is 0 Å². The fraction of sp³-hybridized carbons (Fsp3) is 0.500. The lowest BCUT2D eigenvalue weighted by Crippen LogP contribution is -2.30. The first-order valence-corrected chi connectivity index (χ1v) is 6.59. The molecular weight excluding hydrogens is 263 g/mol. The summed E-state index contributed by atoms with van der Waals surface area (Å²) in [5.41, 5.74) is 0.471. The highest BCUT2D eigenvalue weighted by Gasteiger charge is 2.09. The second-order valence-electron chi connectivity index (χ2n) is 4.21. The molecule has 0 aliphatic heterocycles. The highest BCUT2D eigenvalue weighted by molar-refractivity contribution is 5.93. The SMILES string of the molecule is CCCOc1cc(F)ccc1NC(=O)CNCCOC. The number of hydrogen-bond acceptors (Lipinski definition) is 4. The topological polar surface area (TPSA) is 59.6 Å². The maximum atomic E-state index is 13.2. The van der Waals surface area contributed by atoms with Crippen LogP contribution in [0.2, 0.25) is 0 Å². The number of ether oxygens (including phenoxy) is 2. The van der Waals surface area contributed by atoms with Gasteiger partial charge in [-0.3, -0.25) is 4.79 Å². The normalized spacial score (nSPS) is 10.3. The van der Waals surface area contributed by atoms with Crippen LogP contribution < -0.4 is 15.4 Å². The Morgan fingerprint density at radius 3 is 2.85 bits per heavy atom. The highest BCUT2D eigenvalue weighted by atomic mass is 19.1. The molecule has 5 nitrogen and oxygen atoms in total. The van der Waals surface area contributed by atoms with Crippen LogP contribution in [0.25, 0.3) is 0 Å². The Morgan fingerprint density at radius 1 is 1.35 bits per heavy atom. The molecule has 0 radical (unpaired) electrons. The van der Waals surface area contributed by atoms with E-state index in [0.29, 0.717) is 31.2 Å². The van der Waals surface area contributed by atoms with Gasteiger partial charge < -0.3 is 20.1 Å². The molecule has 1 rings (SSSR count). The van der Waals surface area contributed by atoms with E-state index in [1.807, 2.05) is 6.92 Å². The molecule has 0 aliphatic carbocycles. The molecule has 1 aromatic rings. The number of benzene rings is 1. The van der Waals surface area contributed by atoms with Gasteiger partial charge in [-0.15, -0.1) is 0 Å². The minimum Gasteiger partial charge on any atom is -0.491 e. The van der Waals surface area contributed by atoms with E-state index in [1.165, 1.54) is 18.2 Å². The standard InChI is InChI=1S/C14H21FN2O3/c1-3-7-20-13-9-11(15)4-5-12(13)17-14(18)10-16-6-8-19-2/h4-5,9,16H,3,6-8,10H2,1-2H3,(H,17,18). The van der Waals surface area contributed by atoms with Crippen molar-refractivity contribution in [1.29, 1.82) is 0 Å². The van der Waals surface area contributed by atoms with Crippen molar-refractivity contribution < 1.29 is 18.7 Å². The van der Waals surface area contributed by atoms with E-state index >= 15 is 0 Å². The van der Waals surface area contributed by atoms with Crippen LogP contribution in [-0.2, 0) is 9.53 Å². The molecule has 20 heavy (non-hydrogen) atoms. The largest absolute Gasteiger partial charge is 0.491 e. The average Bonchev–Trinajstić information content (AvgIpc) is 2.44. The lowest BCUT2D eigenvalue weighted by Gasteiger charge is -2.12. The first-order valence-electron chi connectivity index (χ1n) is 6.59. The summed E-state index contributed by atoms with van der Waals surface area (Å²) in [5, 5.41) is 5.62. The predicted octanol–water partition coefficient (Wildman–Crippen LogP) is 1.79. The van der Waals surface area contributed by atoms with E-state index in [4.69, 9.17) is 9.47 Å². The van der Waals surface area contributed by atoms with E-state index in [-0.39, 0.29) is 12.5 Å². The van der Waals surface area contributed by atoms with Crippen LogP contribution in [-0.4, -0.2) is 39.3 Å². The molecule has 0 saturated heterocycles. The van der Waals surface area contributed by atoms with Crippen LogP contribution in [0, 0.1) is 5.82 Å². The number of carbonyl (C=O) groups is 1. The number of methoxy groups -OCH3 is 1. The molecule has 0 unspecified atom stereocenters. The van der Waals surface area contributed by atoms with Gasteiger partial charge in [0, 0.05) is 19.7 Å². The molecule has 0 fully saturated rings. The molecule has 0 aromatic heterocycles. The van der Waals surface area contributed by atoms with Crippen molar-refractivity contribution in [2.24, 2.45) is 0 Å². The van der Waals surface area contributed by atoms with Gasteiger partial charge in [0.2, 0.25) is 5.91 Å².